The smallest absolute Gasteiger partial charge is 0.325 e. The summed E-state index contributed by atoms with van der Waals surface area (Å²) in [5.41, 5.74) is 3.85. The minimum Gasteiger partial charge on any atom is -0.325 e. The maximum absolute atomic E-state index is 12.9. The quantitative estimate of drug-likeness (QED) is 0.804. The van der Waals surface area contributed by atoms with Gasteiger partial charge >= 0.3 is 6.03 Å². The summed E-state index contributed by atoms with van der Waals surface area (Å²) in [6.45, 7) is 3.30. The van der Waals surface area contributed by atoms with Gasteiger partial charge in [-0.05, 0) is 61.9 Å². The van der Waals surface area contributed by atoms with Crippen molar-refractivity contribution in [2.75, 3.05) is 11.9 Å². The molecule has 2 aromatic rings. The minimum atomic E-state index is -1.17. The lowest BCUT2D eigenvalue weighted by atomic mass is 9.91. The van der Waals surface area contributed by atoms with E-state index in [2.05, 4.69) is 10.6 Å². The maximum atomic E-state index is 12.9. The summed E-state index contributed by atoms with van der Waals surface area (Å²) in [6, 6.07) is 12.7. The summed E-state index contributed by atoms with van der Waals surface area (Å²) in [7, 11) is 0. The van der Waals surface area contributed by atoms with Crippen LogP contribution in [0.25, 0.3) is 0 Å². The summed E-state index contributed by atoms with van der Waals surface area (Å²) < 4.78 is 0. The van der Waals surface area contributed by atoms with Crippen molar-refractivity contribution in [1.82, 2.24) is 10.2 Å². The summed E-state index contributed by atoms with van der Waals surface area (Å²) >= 11 is 0. The van der Waals surface area contributed by atoms with Gasteiger partial charge in [0.1, 0.15) is 12.1 Å². The van der Waals surface area contributed by atoms with Crippen LogP contribution in [0.4, 0.5) is 10.5 Å². The topological polar surface area (TPSA) is 78.5 Å². The second-order valence-electron chi connectivity index (χ2n) is 7.70. The number of fused-ring (bicyclic) bond motifs is 1. The molecule has 1 aliphatic heterocycles. The van der Waals surface area contributed by atoms with Crippen LogP contribution in [-0.4, -0.2) is 29.3 Å². The van der Waals surface area contributed by atoms with Crippen LogP contribution in [0.3, 0.4) is 0 Å². The second kappa shape index (κ2) is 6.78. The molecule has 2 N–H and O–H groups in total. The number of rotatable bonds is 4. The van der Waals surface area contributed by atoms with Crippen LogP contribution >= 0.6 is 0 Å². The number of imide groups is 1. The van der Waals surface area contributed by atoms with Gasteiger partial charge < -0.3 is 10.6 Å². The van der Waals surface area contributed by atoms with Crippen molar-refractivity contribution >= 4 is 23.5 Å². The van der Waals surface area contributed by atoms with Crippen LogP contribution in [0.2, 0.25) is 0 Å². The number of benzene rings is 2. The van der Waals surface area contributed by atoms with Gasteiger partial charge in [0.25, 0.3) is 5.91 Å². The van der Waals surface area contributed by atoms with Crippen molar-refractivity contribution in [3.8, 4) is 0 Å². The van der Waals surface area contributed by atoms with Gasteiger partial charge in [0.15, 0.2) is 0 Å². The molecule has 1 atom stereocenters. The van der Waals surface area contributed by atoms with Crippen LogP contribution in [-0.2, 0) is 28.0 Å². The molecule has 0 radical (unpaired) electrons. The molecule has 1 aliphatic carbocycles. The number of nitrogens with zero attached hydrogens (tertiary/aromatic N) is 1. The van der Waals surface area contributed by atoms with Gasteiger partial charge in [0, 0.05) is 5.69 Å². The average Bonchev–Trinajstić information content (AvgIpc) is 3.21. The number of anilines is 1. The highest BCUT2D eigenvalue weighted by Crippen LogP contribution is 2.29. The summed E-state index contributed by atoms with van der Waals surface area (Å²) in [5, 5.41) is 5.53. The molecule has 2 aromatic carbocycles. The van der Waals surface area contributed by atoms with Crippen LogP contribution in [0.5, 0.6) is 0 Å². The molecule has 144 valence electrons. The minimum absolute atomic E-state index is 0.316. The first-order valence-corrected chi connectivity index (χ1v) is 9.50. The number of carbonyl (C=O) groups excluding carboxylic acids is 3. The van der Waals surface area contributed by atoms with E-state index in [9.17, 15) is 14.4 Å². The molecule has 0 saturated carbocycles. The van der Waals surface area contributed by atoms with E-state index in [1.165, 1.54) is 11.1 Å². The number of hydrogen-bond acceptors (Lipinski definition) is 3. The molecule has 0 spiro atoms. The number of aryl methyl sites for hydroxylation is 3. The second-order valence-corrected chi connectivity index (χ2v) is 7.70. The predicted octanol–water partition coefficient (Wildman–Crippen LogP) is 2.89. The van der Waals surface area contributed by atoms with Gasteiger partial charge in [-0.3, -0.25) is 14.5 Å². The standard InChI is InChI=1S/C22H23N3O3/c1-14-6-9-17(10-7-14)22(2)20(27)25(21(28)24-22)13-19(26)23-18-11-8-15-4-3-5-16(15)12-18/h6-12H,3-5,13H2,1-2H3,(H,23,26)(H,24,28)/t22-/m1/s1. The fourth-order valence-electron chi connectivity index (χ4n) is 3.92. The van der Waals surface area contributed by atoms with Gasteiger partial charge in [0.2, 0.25) is 5.91 Å². The van der Waals surface area contributed by atoms with E-state index < -0.39 is 23.4 Å². The van der Waals surface area contributed by atoms with Gasteiger partial charge in [-0.15, -0.1) is 0 Å². The van der Waals surface area contributed by atoms with Crippen molar-refractivity contribution in [3.63, 3.8) is 0 Å². The molecule has 4 rings (SSSR count). The molecule has 0 unspecified atom stereocenters. The molecule has 0 aromatic heterocycles. The summed E-state index contributed by atoms with van der Waals surface area (Å²) in [4.78, 5) is 38.8. The lowest BCUT2D eigenvalue weighted by molar-refractivity contribution is -0.133. The van der Waals surface area contributed by atoms with E-state index in [0.717, 1.165) is 29.7 Å². The molecule has 0 bridgehead atoms. The number of carbonyl (C=O) groups is 3. The fourth-order valence-corrected chi connectivity index (χ4v) is 3.92. The molecule has 28 heavy (non-hydrogen) atoms. The van der Waals surface area contributed by atoms with Crippen molar-refractivity contribution in [3.05, 3.63) is 64.7 Å². The Balaban J connectivity index is 1.47. The molecule has 2 aliphatic rings. The SMILES string of the molecule is Cc1ccc([C@@]2(C)NC(=O)N(CC(=O)Nc3ccc4c(c3)CCC4)C2=O)cc1. The van der Waals surface area contributed by atoms with E-state index in [0.29, 0.717) is 11.3 Å². The largest absolute Gasteiger partial charge is 0.325 e. The highest BCUT2D eigenvalue weighted by atomic mass is 16.2. The normalized spacial score (nSPS) is 20.9. The molecular formula is C22H23N3O3. The summed E-state index contributed by atoms with van der Waals surface area (Å²) in [5.74, 6) is -0.819. The summed E-state index contributed by atoms with van der Waals surface area (Å²) in [6.07, 6.45) is 3.22. The van der Waals surface area contributed by atoms with E-state index in [1.54, 1.807) is 6.92 Å². The molecule has 1 fully saturated rings. The molecular weight excluding hydrogens is 354 g/mol. The molecule has 1 saturated heterocycles. The Labute approximate surface area is 163 Å². The Morgan fingerprint density at radius 2 is 1.82 bits per heavy atom. The Bertz CT molecular complexity index is 967. The monoisotopic (exact) mass is 377 g/mol. The van der Waals surface area contributed by atoms with Gasteiger partial charge in [-0.25, -0.2) is 4.79 Å². The van der Waals surface area contributed by atoms with E-state index in [1.807, 2.05) is 49.4 Å². The number of hydrogen-bond donors (Lipinski definition) is 2. The third kappa shape index (κ3) is 3.15. The first-order chi connectivity index (χ1) is 13.4. The Morgan fingerprint density at radius 1 is 1.11 bits per heavy atom. The first kappa shape index (κ1) is 18.2. The van der Waals surface area contributed by atoms with E-state index >= 15 is 0 Å². The number of urea groups is 1. The lowest BCUT2D eigenvalue weighted by Crippen LogP contribution is -2.42. The molecule has 1 heterocycles. The highest BCUT2D eigenvalue weighted by molar-refractivity contribution is 6.10. The van der Waals surface area contributed by atoms with Crippen LogP contribution in [0.1, 0.15) is 35.6 Å². The van der Waals surface area contributed by atoms with Crippen LogP contribution in [0, 0.1) is 6.92 Å². The van der Waals surface area contributed by atoms with Gasteiger partial charge in [-0.1, -0.05) is 35.9 Å². The van der Waals surface area contributed by atoms with Crippen molar-refractivity contribution in [2.45, 2.75) is 38.6 Å². The zero-order valence-corrected chi connectivity index (χ0v) is 16.0. The van der Waals surface area contributed by atoms with Crippen LogP contribution in [0.15, 0.2) is 42.5 Å². The third-order valence-electron chi connectivity index (χ3n) is 5.59. The number of amides is 4. The zero-order valence-electron chi connectivity index (χ0n) is 16.0. The van der Waals surface area contributed by atoms with Crippen LogP contribution < -0.4 is 10.6 Å². The van der Waals surface area contributed by atoms with Gasteiger partial charge in [0.05, 0.1) is 0 Å². The third-order valence-corrected chi connectivity index (χ3v) is 5.59. The van der Waals surface area contributed by atoms with Crippen molar-refractivity contribution in [2.24, 2.45) is 0 Å². The Morgan fingerprint density at radius 3 is 2.57 bits per heavy atom. The zero-order chi connectivity index (χ0) is 19.9. The predicted molar refractivity (Wildman–Crippen MR) is 106 cm³/mol. The first-order valence-electron chi connectivity index (χ1n) is 9.50. The molecule has 6 heteroatoms. The highest BCUT2D eigenvalue weighted by Gasteiger charge is 2.49. The fraction of sp³-hybridized carbons (Fsp3) is 0.318. The molecule has 6 nitrogen and oxygen atoms in total. The van der Waals surface area contributed by atoms with E-state index in [-0.39, 0.29) is 6.54 Å². The maximum Gasteiger partial charge on any atom is 0.325 e. The Kier molecular flexibility index (Phi) is 4.41. The molecule has 4 amide bonds. The average molecular weight is 377 g/mol. The van der Waals surface area contributed by atoms with Gasteiger partial charge in [-0.2, -0.15) is 0 Å². The lowest BCUT2D eigenvalue weighted by Gasteiger charge is -2.22. The Hall–Kier alpha value is -3.15. The van der Waals surface area contributed by atoms with Crippen molar-refractivity contribution < 1.29 is 14.4 Å². The van der Waals surface area contributed by atoms with E-state index in [4.69, 9.17) is 0 Å². The number of nitrogens with one attached hydrogen (secondary N) is 2. The van der Waals surface area contributed by atoms with Crippen molar-refractivity contribution in [1.29, 1.82) is 0 Å².